The van der Waals surface area contributed by atoms with Gasteiger partial charge < -0.3 is 5.11 Å². The molecule has 1 aromatic heterocycles. The fourth-order valence-electron chi connectivity index (χ4n) is 4.72. The molecule has 1 heterocycles. The number of benzene rings is 1. The third-order valence-corrected chi connectivity index (χ3v) is 6.77. The van der Waals surface area contributed by atoms with E-state index in [0.29, 0.717) is 0 Å². The maximum Gasteiger partial charge on any atom is 0.122 e. The lowest BCUT2D eigenvalue weighted by Gasteiger charge is -2.34. The number of unbranched alkanes of at least 4 members (excludes halogenated alkanes) is 10. The second kappa shape index (κ2) is 12.9. The molecule has 32 heavy (non-hydrogen) atoms. The largest absolute Gasteiger partial charge is 0.383 e. The van der Waals surface area contributed by atoms with Gasteiger partial charge in [-0.3, -0.25) is 0 Å². The van der Waals surface area contributed by atoms with Crippen LogP contribution in [0.15, 0.2) is 48.1 Å². The molecule has 0 saturated heterocycles. The van der Waals surface area contributed by atoms with Crippen LogP contribution in [-0.4, -0.2) is 25.7 Å². The standard InChI is InChI=1S/C28H43N3O/c1-3-5-7-9-11-13-17-24-20-22-28(32,21-16-12-10-8-6-4-2)27(23-24)31-29-25-18-14-15-19-26(25)30-31/h14-15,18-20,22-23,27,32H,3-13,16-17,21H2,1-2H3. The van der Waals surface area contributed by atoms with E-state index in [1.54, 1.807) is 4.80 Å². The van der Waals surface area contributed by atoms with Gasteiger partial charge in [-0.2, -0.15) is 15.0 Å². The summed E-state index contributed by atoms with van der Waals surface area (Å²) >= 11 is 0. The van der Waals surface area contributed by atoms with Crippen LogP contribution < -0.4 is 0 Å². The van der Waals surface area contributed by atoms with E-state index < -0.39 is 5.60 Å². The van der Waals surface area contributed by atoms with Gasteiger partial charge in [0.15, 0.2) is 0 Å². The Morgan fingerprint density at radius 2 is 1.38 bits per heavy atom. The van der Waals surface area contributed by atoms with Crippen molar-refractivity contribution in [3.63, 3.8) is 0 Å². The topological polar surface area (TPSA) is 50.9 Å². The van der Waals surface area contributed by atoms with Gasteiger partial charge in [0.1, 0.15) is 22.7 Å². The number of aromatic nitrogens is 3. The zero-order chi connectivity index (χ0) is 22.7. The van der Waals surface area contributed by atoms with Crippen molar-refractivity contribution in [1.29, 1.82) is 0 Å². The first-order chi connectivity index (χ1) is 15.7. The number of allylic oxidation sites excluding steroid dienone is 2. The van der Waals surface area contributed by atoms with Crippen LogP contribution >= 0.6 is 0 Å². The van der Waals surface area contributed by atoms with Gasteiger partial charge in [0.25, 0.3) is 0 Å². The Morgan fingerprint density at radius 1 is 0.812 bits per heavy atom. The van der Waals surface area contributed by atoms with Gasteiger partial charge in [0, 0.05) is 0 Å². The summed E-state index contributed by atoms with van der Waals surface area (Å²) in [6, 6.07) is 7.72. The Bertz CT molecular complexity index is 835. The zero-order valence-electron chi connectivity index (χ0n) is 20.3. The molecule has 0 radical (unpaired) electrons. The first-order valence-electron chi connectivity index (χ1n) is 13.1. The van der Waals surface area contributed by atoms with Gasteiger partial charge in [-0.1, -0.05) is 115 Å². The van der Waals surface area contributed by atoms with Gasteiger partial charge >= 0.3 is 0 Å². The van der Waals surface area contributed by atoms with Crippen molar-refractivity contribution in [3.8, 4) is 0 Å². The van der Waals surface area contributed by atoms with Crippen molar-refractivity contribution in [2.45, 2.75) is 115 Å². The molecule has 176 valence electrons. The second-order valence-corrected chi connectivity index (χ2v) is 9.56. The normalized spacial score (nSPS) is 20.7. The minimum atomic E-state index is -0.926. The molecule has 0 amide bonds. The number of hydrogen-bond donors (Lipinski definition) is 1. The van der Waals surface area contributed by atoms with Crippen LogP contribution in [0.3, 0.4) is 0 Å². The van der Waals surface area contributed by atoms with Gasteiger partial charge in [-0.05, 0) is 37.0 Å². The lowest BCUT2D eigenvalue weighted by Crippen LogP contribution is -2.39. The average molecular weight is 438 g/mol. The molecule has 1 aliphatic rings. The van der Waals surface area contributed by atoms with Crippen molar-refractivity contribution < 1.29 is 5.11 Å². The van der Waals surface area contributed by atoms with E-state index in [9.17, 15) is 5.11 Å². The van der Waals surface area contributed by atoms with E-state index in [4.69, 9.17) is 10.2 Å². The summed E-state index contributed by atoms with van der Waals surface area (Å²) in [4.78, 5) is 1.76. The summed E-state index contributed by atoms with van der Waals surface area (Å²) in [6.07, 6.45) is 23.3. The SMILES string of the molecule is CCCCCCCCC1=CC(n2nc3ccccc3n2)C(O)(CCCCCCCC)C=C1. The van der Waals surface area contributed by atoms with Gasteiger partial charge in [0.2, 0.25) is 0 Å². The quantitative estimate of drug-likeness (QED) is 0.290. The molecule has 0 bridgehead atoms. The molecular formula is C28H43N3O. The van der Waals surface area contributed by atoms with E-state index in [2.05, 4.69) is 26.0 Å². The van der Waals surface area contributed by atoms with Crippen LogP contribution in [0.1, 0.15) is 110 Å². The van der Waals surface area contributed by atoms with Gasteiger partial charge in [-0.25, -0.2) is 0 Å². The van der Waals surface area contributed by atoms with E-state index in [-0.39, 0.29) is 6.04 Å². The summed E-state index contributed by atoms with van der Waals surface area (Å²) < 4.78 is 0. The highest BCUT2D eigenvalue weighted by Crippen LogP contribution is 2.36. The van der Waals surface area contributed by atoms with Crippen molar-refractivity contribution in [3.05, 3.63) is 48.1 Å². The first kappa shape index (κ1) is 24.7. The van der Waals surface area contributed by atoms with Crippen molar-refractivity contribution in [2.75, 3.05) is 0 Å². The Kier molecular flexibility index (Phi) is 9.98. The Labute approximate surface area is 194 Å². The second-order valence-electron chi connectivity index (χ2n) is 9.56. The summed E-state index contributed by atoms with van der Waals surface area (Å²) in [6.45, 7) is 4.51. The smallest absolute Gasteiger partial charge is 0.122 e. The molecule has 4 nitrogen and oxygen atoms in total. The summed E-state index contributed by atoms with van der Waals surface area (Å²) in [7, 11) is 0. The van der Waals surface area contributed by atoms with Crippen LogP contribution in [0.5, 0.6) is 0 Å². The molecule has 1 aliphatic carbocycles. The van der Waals surface area contributed by atoms with Crippen LogP contribution in [0.2, 0.25) is 0 Å². The molecule has 4 heteroatoms. The maximum absolute atomic E-state index is 11.7. The van der Waals surface area contributed by atoms with Crippen LogP contribution in [0, 0.1) is 0 Å². The number of rotatable bonds is 15. The lowest BCUT2D eigenvalue weighted by molar-refractivity contribution is 0.0301. The fraction of sp³-hybridized carbons (Fsp3) is 0.643. The van der Waals surface area contributed by atoms with Crippen LogP contribution in [0.25, 0.3) is 11.0 Å². The zero-order valence-corrected chi connectivity index (χ0v) is 20.3. The molecule has 0 fully saturated rings. The van der Waals surface area contributed by atoms with Gasteiger partial charge in [-0.15, -0.1) is 0 Å². The molecular weight excluding hydrogens is 394 g/mol. The highest BCUT2D eigenvalue weighted by molar-refractivity contribution is 5.73. The molecule has 2 atom stereocenters. The van der Waals surface area contributed by atoms with E-state index in [1.165, 1.54) is 76.2 Å². The highest BCUT2D eigenvalue weighted by Gasteiger charge is 2.37. The predicted molar refractivity (Wildman–Crippen MR) is 135 cm³/mol. The molecule has 1 aromatic carbocycles. The monoisotopic (exact) mass is 437 g/mol. The van der Waals surface area contributed by atoms with E-state index >= 15 is 0 Å². The highest BCUT2D eigenvalue weighted by atomic mass is 16.3. The molecule has 0 aliphatic heterocycles. The predicted octanol–water partition coefficient (Wildman–Crippen LogP) is 7.70. The van der Waals surface area contributed by atoms with Crippen LogP contribution in [0.4, 0.5) is 0 Å². The van der Waals surface area contributed by atoms with Crippen molar-refractivity contribution >= 4 is 11.0 Å². The Morgan fingerprint density at radius 3 is 2.00 bits per heavy atom. The molecule has 3 rings (SSSR count). The molecule has 0 spiro atoms. The number of nitrogens with zero attached hydrogens (tertiary/aromatic N) is 3. The molecule has 1 N–H and O–H groups in total. The fourth-order valence-corrected chi connectivity index (χ4v) is 4.72. The summed E-state index contributed by atoms with van der Waals surface area (Å²) in [5.41, 5.74) is 2.15. The van der Waals surface area contributed by atoms with E-state index in [0.717, 1.165) is 30.3 Å². The molecule has 0 saturated carbocycles. The lowest BCUT2D eigenvalue weighted by atomic mass is 9.82. The van der Waals surface area contributed by atoms with E-state index in [1.807, 2.05) is 30.3 Å². The maximum atomic E-state index is 11.7. The molecule has 2 unspecified atom stereocenters. The Hall–Kier alpha value is -1.94. The minimum absolute atomic E-state index is 0.245. The van der Waals surface area contributed by atoms with Crippen LogP contribution in [-0.2, 0) is 0 Å². The summed E-state index contributed by atoms with van der Waals surface area (Å²) in [5, 5.41) is 21.1. The number of hydrogen-bond acceptors (Lipinski definition) is 3. The van der Waals surface area contributed by atoms with Crippen molar-refractivity contribution in [1.82, 2.24) is 15.0 Å². The third-order valence-electron chi connectivity index (χ3n) is 6.77. The average Bonchev–Trinajstić information content (AvgIpc) is 3.23. The Balaban J connectivity index is 1.67. The van der Waals surface area contributed by atoms with Crippen molar-refractivity contribution in [2.24, 2.45) is 0 Å². The first-order valence-corrected chi connectivity index (χ1v) is 13.1. The summed E-state index contributed by atoms with van der Waals surface area (Å²) in [5.74, 6) is 0. The van der Waals surface area contributed by atoms with Gasteiger partial charge in [0.05, 0.1) is 0 Å². The third kappa shape index (κ3) is 7.03. The number of fused-ring (bicyclic) bond motifs is 1. The molecule has 2 aromatic rings. The minimum Gasteiger partial charge on any atom is -0.383 e. The number of aliphatic hydroxyl groups is 1.